The SMILES string of the molecule is CC(C)(C)[C@H](O)P(=O)(O)O. The third-order valence-corrected chi connectivity index (χ3v) is 2.50. The highest BCUT2D eigenvalue weighted by Gasteiger charge is 2.36. The first kappa shape index (κ1) is 10.1. The average molecular weight is 168 g/mol. The van der Waals surface area contributed by atoms with Gasteiger partial charge in [-0.15, -0.1) is 0 Å². The molecule has 3 N–H and O–H groups in total. The summed E-state index contributed by atoms with van der Waals surface area (Å²) in [6, 6.07) is 0. The number of hydrogen-bond donors (Lipinski definition) is 3. The molecular formula is C5H13O4P. The van der Waals surface area contributed by atoms with Crippen LogP contribution in [0.5, 0.6) is 0 Å². The van der Waals surface area contributed by atoms with Crippen molar-refractivity contribution < 1.29 is 19.5 Å². The molecule has 62 valence electrons. The molecule has 0 aromatic carbocycles. The fourth-order valence-electron chi connectivity index (χ4n) is 0.505. The van der Waals surface area contributed by atoms with Crippen molar-refractivity contribution in [3.63, 3.8) is 0 Å². The van der Waals surface area contributed by atoms with E-state index in [0.29, 0.717) is 0 Å². The van der Waals surface area contributed by atoms with Crippen molar-refractivity contribution in [2.45, 2.75) is 26.6 Å². The molecule has 10 heavy (non-hydrogen) atoms. The zero-order chi connectivity index (χ0) is 8.58. The van der Waals surface area contributed by atoms with Gasteiger partial charge in [-0.3, -0.25) is 4.57 Å². The minimum Gasteiger partial charge on any atom is -0.380 e. The van der Waals surface area contributed by atoms with E-state index in [4.69, 9.17) is 14.9 Å². The maximum atomic E-state index is 10.4. The van der Waals surface area contributed by atoms with Gasteiger partial charge in [0.2, 0.25) is 0 Å². The minimum absolute atomic E-state index is 0.765. The van der Waals surface area contributed by atoms with E-state index in [1.165, 1.54) is 0 Å². The van der Waals surface area contributed by atoms with Gasteiger partial charge in [-0.05, 0) is 5.41 Å². The van der Waals surface area contributed by atoms with Crippen LogP contribution in [0.2, 0.25) is 0 Å². The predicted octanol–water partition coefficient (Wildman–Crippen LogP) is 0.529. The fraction of sp³-hybridized carbons (Fsp3) is 1.00. The van der Waals surface area contributed by atoms with E-state index in [1.807, 2.05) is 0 Å². The van der Waals surface area contributed by atoms with Crippen LogP contribution in [0.15, 0.2) is 0 Å². The van der Waals surface area contributed by atoms with Gasteiger partial charge in [0, 0.05) is 0 Å². The first-order valence-corrected chi connectivity index (χ1v) is 4.57. The molecule has 1 atom stereocenters. The van der Waals surface area contributed by atoms with Crippen molar-refractivity contribution in [1.82, 2.24) is 0 Å². The molecule has 0 rings (SSSR count). The first-order valence-electron chi connectivity index (χ1n) is 2.89. The maximum Gasteiger partial charge on any atom is 0.354 e. The van der Waals surface area contributed by atoms with E-state index < -0.39 is 18.9 Å². The fourth-order valence-corrected chi connectivity index (χ4v) is 1.51. The van der Waals surface area contributed by atoms with Crippen molar-refractivity contribution in [3.8, 4) is 0 Å². The topological polar surface area (TPSA) is 77.8 Å². The Balaban J connectivity index is 4.39. The van der Waals surface area contributed by atoms with E-state index in [1.54, 1.807) is 20.8 Å². The largest absolute Gasteiger partial charge is 0.380 e. The Kier molecular flexibility index (Phi) is 2.65. The number of aliphatic hydroxyl groups excluding tert-OH is 1. The Morgan fingerprint density at radius 3 is 1.60 bits per heavy atom. The molecule has 0 heterocycles. The van der Waals surface area contributed by atoms with Crippen molar-refractivity contribution >= 4 is 7.60 Å². The highest BCUT2D eigenvalue weighted by molar-refractivity contribution is 7.52. The molecule has 0 saturated carbocycles. The van der Waals surface area contributed by atoms with Gasteiger partial charge in [0.25, 0.3) is 0 Å². The van der Waals surface area contributed by atoms with Crippen LogP contribution >= 0.6 is 7.60 Å². The maximum absolute atomic E-state index is 10.4. The number of aliphatic hydroxyl groups is 1. The zero-order valence-corrected chi connectivity index (χ0v) is 7.17. The summed E-state index contributed by atoms with van der Waals surface area (Å²) in [5, 5.41) is 8.96. The van der Waals surface area contributed by atoms with E-state index >= 15 is 0 Å². The number of hydrogen-bond acceptors (Lipinski definition) is 2. The molecule has 0 bridgehead atoms. The molecule has 0 aromatic rings. The van der Waals surface area contributed by atoms with Crippen molar-refractivity contribution in [2.24, 2.45) is 5.41 Å². The van der Waals surface area contributed by atoms with Crippen LogP contribution < -0.4 is 0 Å². The van der Waals surface area contributed by atoms with Crippen molar-refractivity contribution in [1.29, 1.82) is 0 Å². The summed E-state index contributed by atoms with van der Waals surface area (Å²) in [6.45, 7) is 4.70. The third-order valence-electron chi connectivity index (χ3n) is 1.09. The molecule has 0 saturated heterocycles. The van der Waals surface area contributed by atoms with E-state index in [-0.39, 0.29) is 0 Å². The normalized spacial score (nSPS) is 17.0. The smallest absolute Gasteiger partial charge is 0.354 e. The molecule has 4 nitrogen and oxygen atoms in total. The lowest BCUT2D eigenvalue weighted by Gasteiger charge is -2.25. The van der Waals surface area contributed by atoms with Gasteiger partial charge in [0.15, 0.2) is 5.85 Å². The van der Waals surface area contributed by atoms with Gasteiger partial charge in [-0.1, -0.05) is 20.8 Å². The summed E-state index contributed by atoms with van der Waals surface area (Å²) in [5.74, 6) is -1.57. The lowest BCUT2D eigenvalue weighted by atomic mass is 9.98. The Labute approximate surface area is 60.0 Å². The monoisotopic (exact) mass is 168 g/mol. The van der Waals surface area contributed by atoms with Gasteiger partial charge in [0.1, 0.15) is 0 Å². The highest BCUT2D eigenvalue weighted by atomic mass is 31.2. The second-order valence-electron chi connectivity index (χ2n) is 3.33. The minimum atomic E-state index is -4.32. The predicted molar refractivity (Wildman–Crippen MR) is 37.5 cm³/mol. The van der Waals surface area contributed by atoms with E-state index in [0.717, 1.165) is 0 Å². The summed E-state index contributed by atoms with van der Waals surface area (Å²) in [4.78, 5) is 17.0. The molecule has 0 aliphatic heterocycles. The lowest BCUT2D eigenvalue weighted by Crippen LogP contribution is -2.25. The van der Waals surface area contributed by atoms with Gasteiger partial charge < -0.3 is 14.9 Å². The molecule has 0 radical (unpaired) electrons. The molecule has 0 amide bonds. The standard InChI is InChI=1S/C5H13O4P/c1-5(2,3)4(6)10(7,8)9/h4,6H,1-3H3,(H2,7,8,9)/t4-/m1/s1. The van der Waals surface area contributed by atoms with Crippen LogP contribution in [-0.2, 0) is 4.57 Å². The molecule has 0 unspecified atom stereocenters. The van der Waals surface area contributed by atoms with Crippen LogP contribution in [0.3, 0.4) is 0 Å². The summed E-state index contributed by atoms with van der Waals surface area (Å²) in [5.41, 5.74) is -0.765. The molecule has 0 spiro atoms. The van der Waals surface area contributed by atoms with Crippen LogP contribution in [0.4, 0.5) is 0 Å². The third kappa shape index (κ3) is 2.80. The molecular weight excluding hydrogens is 155 g/mol. The van der Waals surface area contributed by atoms with E-state index in [2.05, 4.69) is 0 Å². The molecule has 0 aromatic heterocycles. The molecule has 5 heteroatoms. The molecule has 0 aliphatic carbocycles. The summed E-state index contributed by atoms with van der Waals surface area (Å²) in [7, 11) is -4.32. The Bertz CT molecular complexity index is 154. The summed E-state index contributed by atoms with van der Waals surface area (Å²) >= 11 is 0. The van der Waals surface area contributed by atoms with Gasteiger partial charge in [0.05, 0.1) is 0 Å². The van der Waals surface area contributed by atoms with Gasteiger partial charge in [-0.25, -0.2) is 0 Å². The highest BCUT2D eigenvalue weighted by Crippen LogP contribution is 2.47. The Morgan fingerprint density at radius 1 is 1.30 bits per heavy atom. The van der Waals surface area contributed by atoms with Gasteiger partial charge >= 0.3 is 7.60 Å². The quantitative estimate of drug-likeness (QED) is 0.499. The summed E-state index contributed by atoms with van der Waals surface area (Å²) < 4.78 is 10.4. The Morgan fingerprint density at radius 2 is 1.60 bits per heavy atom. The van der Waals surface area contributed by atoms with Crippen molar-refractivity contribution in [3.05, 3.63) is 0 Å². The first-order chi connectivity index (χ1) is 4.15. The molecule has 0 aliphatic rings. The number of rotatable bonds is 1. The second kappa shape index (κ2) is 2.62. The van der Waals surface area contributed by atoms with Crippen molar-refractivity contribution in [2.75, 3.05) is 0 Å². The lowest BCUT2D eigenvalue weighted by molar-refractivity contribution is 0.104. The van der Waals surface area contributed by atoms with Crippen LogP contribution in [0.1, 0.15) is 20.8 Å². The zero-order valence-electron chi connectivity index (χ0n) is 6.27. The van der Waals surface area contributed by atoms with Crippen LogP contribution in [-0.4, -0.2) is 20.7 Å². The summed E-state index contributed by atoms with van der Waals surface area (Å²) in [6.07, 6.45) is 0. The van der Waals surface area contributed by atoms with Crippen LogP contribution in [0, 0.1) is 5.41 Å². The van der Waals surface area contributed by atoms with Gasteiger partial charge in [-0.2, -0.15) is 0 Å². The second-order valence-corrected chi connectivity index (χ2v) is 5.00. The van der Waals surface area contributed by atoms with E-state index in [9.17, 15) is 4.57 Å². The van der Waals surface area contributed by atoms with Crippen LogP contribution in [0.25, 0.3) is 0 Å². The molecule has 0 fully saturated rings. The Hall–Kier alpha value is 0.110. The average Bonchev–Trinajstić information content (AvgIpc) is 1.59.